The smallest absolute Gasteiger partial charge is 0.257 e. The Morgan fingerprint density at radius 2 is 1.82 bits per heavy atom. The number of hydrogen-bond donors (Lipinski definition) is 0. The minimum Gasteiger partial charge on any atom is -0.494 e. The van der Waals surface area contributed by atoms with E-state index in [0.717, 1.165) is 70.2 Å². The van der Waals surface area contributed by atoms with E-state index in [1.165, 1.54) is 26.4 Å². The highest BCUT2D eigenvalue weighted by atomic mass is 32.1. The molecule has 1 fully saturated rings. The average molecular weight is 546 g/mol. The van der Waals surface area contributed by atoms with Crippen LogP contribution in [0.2, 0.25) is 0 Å². The molecule has 7 heteroatoms. The highest BCUT2D eigenvalue weighted by Crippen LogP contribution is 2.31. The van der Waals surface area contributed by atoms with Crippen LogP contribution in [-0.2, 0) is 0 Å². The van der Waals surface area contributed by atoms with Crippen LogP contribution in [0.15, 0.2) is 64.8 Å². The molecule has 0 bridgehead atoms. The summed E-state index contributed by atoms with van der Waals surface area (Å²) >= 11 is 1.81. The summed E-state index contributed by atoms with van der Waals surface area (Å²) in [5.41, 5.74) is 1.71. The van der Waals surface area contributed by atoms with Gasteiger partial charge in [-0.3, -0.25) is 14.5 Å². The third kappa shape index (κ3) is 6.36. The van der Waals surface area contributed by atoms with Crippen molar-refractivity contribution in [2.24, 2.45) is 5.92 Å². The third-order valence-corrected chi connectivity index (χ3v) is 8.71. The molecule has 0 radical (unpaired) electrons. The number of rotatable bonds is 11. The molecule has 0 spiro atoms. The lowest BCUT2D eigenvalue weighted by atomic mass is 10.0. The summed E-state index contributed by atoms with van der Waals surface area (Å²) in [5, 5.41) is 4.42. The monoisotopic (exact) mass is 545 g/mol. The lowest BCUT2D eigenvalue weighted by Gasteiger charge is -2.36. The molecule has 6 nitrogen and oxygen atoms in total. The van der Waals surface area contributed by atoms with Crippen LogP contribution in [-0.4, -0.2) is 54.7 Å². The number of fused-ring (bicyclic) bond motifs is 2. The Balaban J connectivity index is 1.11. The Kier molecular flexibility index (Phi) is 8.99. The maximum atomic E-state index is 13.1. The van der Waals surface area contributed by atoms with E-state index in [1.807, 2.05) is 36.5 Å². The number of unbranched alkanes of at least 4 members (excludes halogenated alkanes) is 2. The van der Waals surface area contributed by atoms with Gasteiger partial charge in [-0.05, 0) is 73.0 Å². The van der Waals surface area contributed by atoms with Crippen LogP contribution in [0.3, 0.4) is 0 Å². The van der Waals surface area contributed by atoms with Gasteiger partial charge < -0.3 is 9.64 Å². The summed E-state index contributed by atoms with van der Waals surface area (Å²) in [5.74, 6) is 0.374. The average Bonchev–Trinajstić information content (AvgIpc) is 3.45. The van der Waals surface area contributed by atoms with E-state index in [0.29, 0.717) is 17.9 Å². The van der Waals surface area contributed by atoms with Crippen LogP contribution < -0.4 is 15.2 Å². The van der Waals surface area contributed by atoms with Gasteiger partial charge in [-0.25, -0.2) is 4.57 Å². The SMILES string of the molecule is CCCCC(C)C(=O)n1c(=O)ccc2ccc(OCCCCN3CCN(c4cccc5sccc45)CC3)cc21. The van der Waals surface area contributed by atoms with E-state index in [1.54, 1.807) is 6.07 Å². The topological polar surface area (TPSA) is 54.8 Å². The van der Waals surface area contributed by atoms with Gasteiger partial charge in [0.1, 0.15) is 5.75 Å². The van der Waals surface area contributed by atoms with Crippen molar-refractivity contribution >= 4 is 43.9 Å². The van der Waals surface area contributed by atoms with Gasteiger partial charge in [-0.15, -0.1) is 11.3 Å². The van der Waals surface area contributed by atoms with Crippen molar-refractivity contribution in [1.82, 2.24) is 9.47 Å². The zero-order chi connectivity index (χ0) is 27.2. The largest absolute Gasteiger partial charge is 0.494 e. The molecule has 4 aromatic rings. The zero-order valence-electron chi connectivity index (χ0n) is 23.1. The second kappa shape index (κ2) is 12.8. The number of carbonyl (C=O) groups is 1. The van der Waals surface area contributed by atoms with Crippen molar-refractivity contribution in [3.8, 4) is 5.75 Å². The maximum Gasteiger partial charge on any atom is 0.257 e. The fourth-order valence-electron chi connectivity index (χ4n) is 5.48. The number of anilines is 1. The van der Waals surface area contributed by atoms with Crippen LogP contribution in [0.4, 0.5) is 5.69 Å². The van der Waals surface area contributed by atoms with Crippen LogP contribution in [0.25, 0.3) is 21.0 Å². The molecule has 0 saturated carbocycles. The van der Waals surface area contributed by atoms with Gasteiger partial charge in [-0.2, -0.15) is 0 Å². The van der Waals surface area contributed by atoms with Crippen LogP contribution in [0.5, 0.6) is 5.75 Å². The van der Waals surface area contributed by atoms with E-state index >= 15 is 0 Å². The van der Waals surface area contributed by atoms with Gasteiger partial charge in [0.15, 0.2) is 0 Å². The van der Waals surface area contributed by atoms with Gasteiger partial charge >= 0.3 is 0 Å². The lowest BCUT2D eigenvalue weighted by Crippen LogP contribution is -2.46. The van der Waals surface area contributed by atoms with E-state index in [-0.39, 0.29) is 17.4 Å². The number of benzene rings is 2. The number of thiophene rings is 1. The first-order valence-electron chi connectivity index (χ1n) is 14.3. The maximum absolute atomic E-state index is 13.1. The molecule has 1 aliphatic rings. The summed E-state index contributed by atoms with van der Waals surface area (Å²) in [6.07, 6.45) is 4.83. The summed E-state index contributed by atoms with van der Waals surface area (Å²) in [4.78, 5) is 30.8. The number of carbonyl (C=O) groups excluding carboxylic acids is 1. The minimum absolute atomic E-state index is 0.136. The van der Waals surface area contributed by atoms with Crippen molar-refractivity contribution in [3.63, 3.8) is 0 Å². The van der Waals surface area contributed by atoms with E-state index in [2.05, 4.69) is 46.4 Å². The van der Waals surface area contributed by atoms with E-state index in [4.69, 9.17) is 4.74 Å². The van der Waals surface area contributed by atoms with Crippen LogP contribution in [0.1, 0.15) is 50.7 Å². The second-order valence-electron chi connectivity index (χ2n) is 10.6. The molecule has 1 aliphatic heterocycles. The number of pyridine rings is 1. The molecular weight excluding hydrogens is 506 g/mol. The molecule has 2 aromatic heterocycles. The Morgan fingerprint density at radius 3 is 2.64 bits per heavy atom. The summed E-state index contributed by atoms with van der Waals surface area (Å²) < 4.78 is 8.75. The minimum atomic E-state index is -0.278. The van der Waals surface area contributed by atoms with Crippen molar-refractivity contribution in [2.75, 3.05) is 44.2 Å². The molecule has 3 heterocycles. The predicted molar refractivity (Wildman–Crippen MR) is 163 cm³/mol. The Hall–Kier alpha value is -3.16. The normalized spacial score (nSPS) is 15.2. The molecule has 1 saturated heterocycles. The van der Waals surface area contributed by atoms with Gasteiger partial charge in [0.05, 0.1) is 12.1 Å². The highest BCUT2D eigenvalue weighted by Gasteiger charge is 2.20. The quantitative estimate of drug-likeness (QED) is 0.197. The molecule has 0 amide bonds. The summed E-state index contributed by atoms with van der Waals surface area (Å²) in [6, 6.07) is 17.8. The first kappa shape index (κ1) is 27.4. The predicted octanol–water partition coefficient (Wildman–Crippen LogP) is 6.66. The standard InChI is InChI=1S/C32H39N3O3S/c1-3-4-8-24(2)32(37)35-29-23-26(13-11-25(29)12-14-31(35)36)38-21-6-5-16-33-17-19-34(20-18-33)28-9-7-10-30-27(28)15-22-39-30/h7,9-15,22-24H,3-6,8,16-21H2,1-2H3. The highest BCUT2D eigenvalue weighted by molar-refractivity contribution is 7.17. The number of ether oxygens (including phenoxy) is 1. The lowest BCUT2D eigenvalue weighted by molar-refractivity contribution is 0.0838. The molecule has 0 aliphatic carbocycles. The number of piperazine rings is 1. The Bertz CT molecular complexity index is 1470. The number of aromatic nitrogens is 1. The van der Waals surface area contributed by atoms with E-state index < -0.39 is 0 Å². The first-order valence-corrected chi connectivity index (χ1v) is 15.2. The fourth-order valence-corrected chi connectivity index (χ4v) is 6.28. The van der Waals surface area contributed by atoms with Crippen LogP contribution in [0, 0.1) is 5.92 Å². The van der Waals surface area contributed by atoms with Gasteiger partial charge in [-0.1, -0.05) is 32.8 Å². The van der Waals surface area contributed by atoms with Crippen molar-refractivity contribution in [1.29, 1.82) is 0 Å². The van der Waals surface area contributed by atoms with Gasteiger partial charge in [0.2, 0.25) is 5.91 Å². The van der Waals surface area contributed by atoms with Crippen LogP contribution >= 0.6 is 11.3 Å². The molecule has 206 valence electrons. The number of nitrogens with zero attached hydrogens (tertiary/aromatic N) is 3. The Morgan fingerprint density at radius 1 is 1.00 bits per heavy atom. The van der Waals surface area contributed by atoms with Crippen molar-refractivity contribution in [2.45, 2.75) is 46.0 Å². The molecule has 2 aromatic carbocycles. The molecular formula is C32H39N3O3S. The molecule has 1 unspecified atom stereocenters. The van der Waals surface area contributed by atoms with E-state index in [9.17, 15) is 9.59 Å². The molecule has 1 atom stereocenters. The zero-order valence-corrected chi connectivity index (χ0v) is 23.9. The second-order valence-corrected chi connectivity index (χ2v) is 11.6. The van der Waals surface area contributed by atoms with Crippen molar-refractivity contribution in [3.05, 3.63) is 70.3 Å². The Labute approximate surface area is 234 Å². The molecule has 39 heavy (non-hydrogen) atoms. The van der Waals surface area contributed by atoms with Gasteiger partial charge in [0, 0.05) is 60.0 Å². The first-order chi connectivity index (χ1) is 19.0. The fraction of sp³-hybridized carbons (Fsp3) is 0.438. The number of hydrogen-bond acceptors (Lipinski definition) is 6. The summed E-state index contributed by atoms with van der Waals surface area (Å²) in [7, 11) is 0. The van der Waals surface area contributed by atoms with Gasteiger partial charge in [0.25, 0.3) is 5.56 Å². The third-order valence-electron chi connectivity index (χ3n) is 7.82. The summed E-state index contributed by atoms with van der Waals surface area (Å²) in [6.45, 7) is 9.97. The van der Waals surface area contributed by atoms with Crippen molar-refractivity contribution < 1.29 is 9.53 Å². The molecule has 5 rings (SSSR count). The molecule has 0 N–H and O–H groups in total.